The standard InChI is InChI=1S/C9H20FO2P/c1-4-6-9(3)8-12-13(10,11)7-5-2/h9H,4-8H2,1-3H3. The smallest absolute Gasteiger partial charge is 0.305 e. The van der Waals surface area contributed by atoms with E-state index < -0.39 is 7.68 Å². The molecule has 0 fully saturated rings. The molecule has 0 aliphatic heterocycles. The van der Waals surface area contributed by atoms with E-state index in [2.05, 4.69) is 6.92 Å². The molecule has 13 heavy (non-hydrogen) atoms. The van der Waals surface area contributed by atoms with E-state index in [1.165, 1.54) is 0 Å². The minimum atomic E-state index is -3.77. The number of rotatable bonds is 7. The fourth-order valence-corrected chi connectivity index (χ4v) is 2.29. The molecule has 0 bridgehead atoms. The molecule has 0 N–H and O–H groups in total. The van der Waals surface area contributed by atoms with E-state index >= 15 is 0 Å². The highest BCUT2D eigenvalue weighted by atomic mass is 31.2. The van der Waals surface area contributed by atoms with Crippen molar-refractivity contribution in [3.8, 4) is 0 Å². The Hall–Kier alpha value is 0.120. The fraction of sp³-hybridized carbons (Fsp3) is 1.00. The van der Waals surface area contributed by atoms with Crippen molar-refractivity contribution >= 4 is 7.68 Å². The second kappa shape index (κ2) is 6.56. The normalized spacial score (nSPS) is 18.2. The van der Waals surface area contributed by atoms with Gasteiger partial charge in [0.1, 0.15) is 0 Å². The molecule has 0 aliphatic carbocycles. The van der Waals surface area contributed by atoms with Gasteiger partial charge in [-0.15, -0.1) is 0 Å². The van der Waals surface area contributed by atoms with Gasteiger partial charge in [-0.05, 0) is 18.8 Å². The number of halogens is 1. The first-order chi connectivity index (χ1) is 6.02. The van der Waals surface area contributed by atoms with E-state index in [-0.39, 0.29) is 12.8 Å². The Bertz CT molecular complexity index is 173. The van der Waals surface area contributed by atoms with Crippen molar-refractivity contribution in [1.82, 2.24) is 0 Å². The highest BCUT2D eigenvalue weighted by molar-refractivity contribution is 7.53. The van der Waals surface area contributed by atoms with E-state index in [1.807, 2.05) is 6.92 Å². The molecule has 2 nitrogen and oxygen atoms in total. The predicted octanol–water partition coefficient (Wildman–Crippen LogP) is 4.01. The predicted molar refractivity (Wildman–Crippen MR) is 53.9 cm³/mol. The van der Waals surface area contributed by atoms with Crippen LogP contribution in [-0.2, 0) is 9.09 Å². The zero-order valence-electron chi connectivity index (χ0n) is 8.75. The maximum absolute atomic E-state index is 13.0. The Morgan fingerprint density at radius 3 is 2.46 bits per heavy atom. The SMILES string of the molecule is CCCC(C)COP(=O)(F)CCC. The van der Waals surface area contributed by atoms with Gasteiger partial charge in [0.2, 0.25) is 0 Å². The zero-order valence-corrected chi connectivity index (χ0v) is 9.65. The zero-order chi connectivity index (χ0) is 10.3. The van der Waals surface area contributed by atoms with Crippen LogP contribution < -0.4 is 0 Å². The molecule has 0 radical (unpaired) electrons. The minimum Gasteiger partial charge on any atom is -0.305 e. The summed E-state index contributed by atoms with van der Waals surface area (Å²) in [5.74, 6) is 0.297. The second-order valence-corrected chi connectivity index (χ2v) is 5.39. The van der Waals surface area contributed by atoms with Crippen LogP contribution in [-0.4, -0.2) is 12.8 Å². The van der Waals surface area contributed by atoms with Crippen molar-refractivity contribution in [1.29, 1.82) is 0 Å². The van der Waals surface area contributed by atoms with Gasteiger partial charge in [0, 0.05) is 0 Å². The molecule has 2 atom stereocenters. The fourth-order valence-electron chi connectivity index (χ4n) is 1.15. The summed E-state index contributed by atoms with van der Waals surface area (Å²) in [6.45, 7) is 6.12. The summed E-state index contributed by atoms with van der Waals surface area (Å²) in [6, 6.07) is 0. The first-order valence-corrected chi connectivity index (χ1v) is 6.65. The largest absolute Gasteiger partial charge is 0.367 e. The molecule has 0 aromatic heterocycles. The molecule has 0 spiro atoms. The molecule has 0 rings (SSSR count). The quantitative estimate of drug-likeness (QED) is 0.593. The van der Waals surface area contributed by atoms with Gasteiger partial charge < -0.3 is 4.52 Å². The van der Waals surface area contributed by atoms with Gasteiger partial charge in [0.05, 0.1) is 12.8 Å². The lowest BCUT2D eigenvalue weighted by molar-refractivity contribution is 0.234. The van der Waals surface area contributed by atoms with Gasteiger partial charge in [-0.3, -0.25) is 4.57 Å². The lowest BCUT2D eigenvalue weighted by Gasteiger charge is -2.13. The van der Waals surface area contributed by atoms with E-state index in [1.54, 1.807) is 6.92 Å². The van der Waals surface area contributed by atoms with Crippen LogP contribution in [0.3, 0.4) is 0 Å². The summed E-state index contributed by atoms with van der Waals surface area (Å²) in [4.78, 5) is 0. The molecule has 0 saturated heterocycles. The van der Waals surface area contributed by atoms with Gasteiger partial charge in [0.15, 0.2) is 0 Å². The molecule has 2 unspecified atom stereocenters. The van der Waals surface area contributed by atoms with E-state index in [0.29, 0.717) is 12.3 Å². The summed E-state index contributed by atoms with van der Waals surface area (Å²) >= 11 is 0. The van der Waals surface area contributed by atoms with Crippen LogP contribution in [0.4, 0.5) is 4.20 Å². The monoisotopic (exact) mass is 210 g/mol. The maximum Gasteiger partial charge on any atom is 0.367 e. The molecular weight excluding hydrogens is 190 g/mol. The van der Waals surface area contributed by atoms with Crippen LogP contribution >= 0.6 is 7.68 Å². The van der Waals surface area contributed by atoms with Crippen LogP contribution in [0.25, 0.3) is 0 Å². The number of hydrogen-bond acceptors (Lipinski definition) is 2. The Morgan fingerprint density at radius 1 is 1.38 bits per heavy atom. The summed E-state index contributed by atoms with van der Waals surface area (Å²) < 4.78 is 28.8. The first-order valence-electron chi connectivity index (χ1n) is 4.95. The third kappa shape index (κ3) is 7.21. The summed E-state index contributed by atoms with van der Waals surface area (Å²) in [5, 5.41) is 0. The minimum absolute atomic E-state index is 0.0475. The molecule has 0 amide bonds. The molecule has 0 aromatic carbocycles. The van der Waals surface area contributed by atoms with Crippen molar-refractivity contribution < 1.29 is 13.3 Å². The molecule has 4 heteroatoms. The van der Waals surface area contributed by atoms with Gasteiger partial charge in [-0.2, -0.15) is 4.20 Å². The Kier molecular flexibility index (Phi) is 6.62. The third-order valence-corrected chi connectivity index (χ3v) is 3.34. The van der Waals surface area contributed by atoms with Crippen LogP contribution in [0.15, 0.2) is 0 Å². The van der Waals surface area contributed by atoms with Crippen molar-refractivity contribution in [2.24, 2.45) is 5.92 Å². The Balaban J connectivity index is 3.67. The molecule has 0 aliphatic rings. The van der Waals surface area contributed by atoms with E-state index in [9.17, 15) is 8.76 Å². The maximum atomic E-state index is 13.0. The van der Waals surface area contributed by atoms with Crippen LogP contribution in [0.1, 0.15) is 40.0 Å². The molecular formula is C9H20FO2P. The molecule has 80 valence electrons. The highest BCUT2D eigenvalue weighted by Gasteiger charge is 2.21. The number of hydrogen-bond donors (Lipinski definition) is 0. The highest BCUT2D eigenvalue weighted by Crippen LogP contribution is 2.49. The Labute approximate surface area is 80.4 Å². The van der Waals surface area contributed by atoms with Gasteiger partial charge >= 0.3 is 7.68 Å². The van der Waals surface area contributed by atoms with Crippen molar-refractivity contribution in [3.63, 3.8) is 0 Å². The van der Waals surface area contributed by atoms with Crippen molar-refractivity contribution in [2.75, 3.05) is 12.8 Å². The topological polar surface area (TPSA) is 26.3 Å². The molecule has 0 aromatic rings. The van der Waals surface area contributed by atoms with Crippen molar-refractivity contribution in [2.45, 2.75) is 40.0 Å². The van der Waals surface area contributed by atoms with Gasteiger partial charge in [-0.1, -0.05) is 27.2 Å². The van der Waals surface area contributed by atoms with Crippen LogP contribution in [0.2, 0.25) is 0 Å². The Morgan fingerprint density at radius 2 is 2.00 bits per heavy atom. The lowest BCUT2D eigenvalue weighted by atomic mass is 10.1. The van der Waals surface area contributed by atoms with Crippen LogP contribution in [0.5, 0.6) is 0 Å². The summed E-state index contributed by atoms with van der Waals surface area (Å²) in [5.41, 5.74) is 0. The average molecular weight is 210 g/mol. The van der Waals surface area contributed by atoms with Crippen LogP contribution in [0, 0.1) is 5.92 Å². The second-order valence-electron chi connectivity index (χ2n) is 3.50. The van der Waals surface area contributed by atoms with E-state index in [4.69, 9.17) is 4.52 Å². The van der Waals surface area contributed by atoms with E-state index in [0.717, 1.165) is 12.8 Å². The van der Waals surface area contributed by atoms with Gasteiger partial charge in [0.25, 0.3) is 0 Å². The average Bonchev–Trinajstić information content (AvgIpc) is 2.02. The first kappa shape index (κ1) is 13.1. The van der Waals surface area contributed by atoms with Gasteiger partial charge in [-0.25, -0.2) is 0 Å². The third-order valence-electron chi connectivity index (χ3n) is 1.82. The molecule has 0 saturated carbocycles. The van der Waals surface area contributed by atoms with Crippen molar-refractivity contribution in [3.05, 3.63) is 0 Å². The summed E-state index contributed by atoms with van der Waals surface area (Å²) in [7, 11) is -3.77. The summed E-state index contributed by atoms with van der Waals surface area (Å²) in [6.07, 6.45) is 2.66. The molecule has 0 heterocycles. The lowest BCUT2D eigenvalue weighted by Crippen LogP contribution is -2.04.